The van der Waals surface area contributed by atoms with E-state index in [-0.39, 0.29) is 5.75 Å². The molecule has 1 saturated carbocycles. The molecule has 3 N–H and O–H groups in total. The number of benzene rings is 1. The van der Waals surface area contributed by atoms with Crippen molar-refractivity contribution in [3.63, 3.8) is 0 Å². The molecule has 0 spiro atoms. The van der Waals surface area contributed by atoms with Crippen LogP contribution in [0.2, 0.25) is 0 Å². The molecule has 2 unspecified atom stereocenters. The lowest BCUT2D eigenvalue weighted by molar-refractivity contribution is 0.471. The minimum absolute atomic E-state index is 0.285. The molecule has 0 bridgehead atoms. The molecule has 0 heterocycles. The number of halogens is 1. The maximum Gasteiger partial charge on any atom is 0.129 e. The molecular formula is C9H10BrNO. The molecule has 0 saturated heterocycles. The molecule has 1 aliphatic rings. The normalized spacial score (nSPS) is 27.2. The fourth-order valence-electron chi connectivity index (χ4n) is 1.35. The molecule has 1 fully saturated rings. The summed E-state index contributed by atoms with van der Waals surface area (Å²) >= 11 is 3.27. The third kappa shape index (κ3) is 1.34. The number of phenolic OH excluding ortho intramolecular Hbond substituents is 1. The zero-order valence-electron chi connectivity index (χ0n) is 6.50. The highest BCUT2D eigenvalue weighted by Gasteiger charge is 2.34. The largest absolute Gasteiger partial charge is 0.507 e. The van der Waals surface area contributed by atoms with E-state index in [4.69, 9.17) is 5.73 Å². The molecule has 64 valence electrons. The SMILES string of the molecule is NC1CC1c1ccc(O)c(Br)c1. The van der Waals surface area contributed by atoms with Gasteiger partial charge in [-0.15, -0.1) is 0 Å². The summed E-state index contributed by atoms with van der Waals surface area (Å²) in [7, 11) is 0. The molecular weight excluding hydrogens is 218 g/mol. The van der Waals surface area contributed by atoms with Gasteiger partial charge in [-0.1, -0.05) is 6.07 Å². The van der Waals surface area contributed by atoms with Crippen molar-refractivity contribution >= 4 is 15.9 Å². The second-order valence-electron chi connectivity index (χ2n) is 3.22. The Morgan fingerprint density at radius 3 is 2.67 bits per heavy atom. The number of hydrogen-bond acceptors (Lipinski definition) is 2. The molecule has 2 rings (SSSR count). The topological polar surface area (TPSA) is 46.2 Å². The summed E-state index contributed by atoms with van der Waals surface area (Å²) in [5.74, 6) is 0.787. The van der Waals surface area contributed by atoms with E-state index in [2.05, 4.69) is 15.9 Å². The monoisotopic (exact) mass is 227 g/mol. The lowest BCUT2D eigenvalue weighted by atomic mass is 10.1. The molecule has 0 aliphatic heterocycles. The second-order valence-corrected chi connectivity index (χ2v) is 4.07. The summed E-state index contributed by atoms with van der Waals surface area (Å²) < 4.78 is 0.749. The van der Waals surface area contributed by atoms with E-state index in [1.54, 1.807) is 6.07 Å². The summed E-state index contributed by atoms with van der Waals surface area (Å²) in [6.45, 7) is 0. The van der Waals surface area contributed by atoms with Crippen LogP contribution in [0, 0.1) is 0 Å². The van der Waals surface area contributed by atoms with E-state index in [9.17, 15) is 5.11 Å². The van der Waals surface area contributed by atoms with Gasteiger partial charge in [-0.05, 0) is 40.0 Å². The molecule has 2 atom stereocenters. The van der Waals surface area contributed by atoms with Gasteiger partial charge in [0.25, 0.3) is 0 Å². The molecule has 1 aromatic carbocycles. The fraction of sp³-hybridized carbons (Fsp3) is 0.333. The van der Waals surface area contributed by atoms with Crippen LogP contribution in [0.3, 0.4) is 0 Å². The molecule has 0 radical (unpaired) electrons. The number of rotatable bonds is 1. The molecule has 1 aliphatic carbocycles. The molecule has 12 heavy (non-hydrogen) atoms. The van der Waals surface area contributed by atoms with Crippen molar-refractivity contribution in [1.29, 1.82) is 0 Å². The lowest BCUT2D eigenvalue weighted by Gasteiger charge is -2.00. The molecule has 3 heteroatoms. The quantitative estimate of drug-likeness (QED) is 0.771. The highest BCUT2D eigenvalue weighted by atomic mass is 79.9. The van der Waals surface area contributed by atoms with Crippen molar-refractivity contribution in [1.82, 2.24) is 0 Å². The third-order valence-electron chi connectivity index (χ3n) is 2.24. The van der Waals surface area contributed by atoms with Crippen LogP contribution in [-0.4, -0.2) is 11.1 Å². The minimum atomic E-state index is 0.285. The summed E-state index contributed by atoms with van der Waals surface area (Å²) in [6, 6.07) is 5.89. The lowest BCUT2D eigenvalue weighted by Crippen LogP contribution is -2.00. The van der Waals surface area contributed by atoms with Crippen LogP contribution in [0.4, 0.5) is 0 Å². The Bertz CT molecular complexity index is 313. The van der Waals surface area contributed by atoms with Gasteiger partial charge in [0.05, 0.1) is 4.47 Å². The van der Waals surface area contributed by atoms with Crippen LogP contribution in [0.5, 0.6) is 5.75 Å². The van der Waals surface area contributed by atoms with E-state index in [0.29, 0.717) is 12.0 Å². The Hall–Kier alpha value is -0.540. The van der Waals surface area contributed by atoms with Crippen molar-refractivity contribution in [2.24, 2.45) is 5.73 Å². The first-order valence-corrected chi connectivity index (χ1v) is 4.72. The van der Waals surface area contributed by atoms with Crippen molar-refractivity contribution in [2.75, 3.05) is 0 Å². The molecule has 0 amide bonds. The van der Waals surface area contributed by atoms with E-state index < -0.39 is 0 Å². The number of phenols is 1. The van der Waals surface area contributed by atoms with Crippen LogP contribution in [0.15, 0.2) is 22.7 Å². The summed E-state index contributed by atoms with van der Waals surface area (Å²) in [5.41, 5.74) is 6.92. The average Bonchev–Trinajstić information content (AvgIpc) is 2.73. The van der Waals surface area contributed by atoms with Crippen LogP contribution in [0.25, 0.3) is 0 Å². The summed E-state index contributed by atoms with van der Waals surface area (Å²) in [4.78, 5) is 0. The summed E-state index contributed by atoms with van der Waals surface area (Å²) in [5, 5.41) is 9.23. The fourth-order valence-corrected chi connectivity index (χ4v) is 1.75. The first-order chi connectivity index (χ1) is 5.68. The van der Waals surface area contributed by atoms with Gasteiger partial charge in [0.1, 0.15) is 5.75 Å². The standard InChI is InChI=1S/C9H10BrNO/c10-7-3-5(1-2-9(7)12)6-4-8(6)11/h1-3,6,8,12H,4,11H2. The zero-order chi connectivity index (χ0) is 8.72. The van der Waals surface area contributed by atoms with Gasteiger partial charge in [0.15, 0.2) is 0 Å². The Labute approximate surface area is 79.5 Å². The van der Waals surface area contributed by atoms with Crippen molar-refractivity contribution in [2.45, 2.75) is 18.4 Å². The van der Waals surface area contributed by atoms with E-state index in [1.807, 2.05) is 12.1 Å². The Balaban J connectivity index is 2.29. The predicted octanol–water partition coefficient (Wildman–Crippen LogP) is 1.97. The van der Waals surface area contributed by atoms with Gasteiger partial charge < -0.3 is 10.8 Å². The van der Waals surface area contributed by atoms with Crippen molar-refractivity contribution < 1.29 is 5.11 Å². The van der Waals surface area contributed by atoms with Gasteiger partial charge in [-0.3, -0.25) is 0 Å². The Morgan fingerprint density at radius 1 is 1.50 bits per heavy atom. The van der Waals surface area contributed by atoms with E-state index in [1.165, 1.54) is 5.56 Å². The van der Waals surface area contributed by atoms with Gasteiger partial charge >= 0.3 is 0 Å². The Kier molecular flexibility index (Phi) is 1.85. The first-order valence-electron chi connectivity index (χ1n) is 3.92. The highest BCUT2D eigenvalue weighted by Crippen LogP contribution is 2.40. The van der Waals surface area contributed by atoms with Gasteiger partial charge in [0.2, 0.25) is 0 Å². The third-order valence-corrected chi connectivity index (χ3v) is 2.87. The Morgan fingerprint density at radius 2 is 2.17 bits per heavy atom. The van der Waals surface area contributed by atoms with Gasteiger partial charge in [-0.25, -0.2) is 0 Å². The first kappa shape index (κ1) is 8.08. The average molecular weight is 228 g/mol. The number of hydrogen-bond donors (Lipinski definition) is 2. The van der Waals surface area contributed by atoms with E-state index >= 15 is 0 Å². The zero-order valence-corrected chi connectivity index (χ0v) is 8.08. The molecule has 0 aromatic heterocycles. The van der Waals surface area contributed by atoms with Gasteiger partial charge in [-0.2, -0.15) is 0 Å². The van der Waals surface area contributed by atoms with Crippen molar-refractivity contribution in [3.05, 3.63) is 28.2 Å². The van der Waals surface area contributed by atoms with Crippen LogP contribution < -0.4 is 5.73 Å². The highest BCUT2D eigenvalue weighted by molar-refractivity contribution is 9.10. The van der Waals surface area contributed by atoms with Crippen LogP contribution in [0.1, 0.15) is 17.9 Å². The minimum Gasteiger partial charge on any atom is -0.507 e. The predicted molar refractivity (Wildman–Crippen MR) is 51.1 cm³/mol. The van der Waals surface area contributed by atoms with Crippen LogP contribution >= 0.6 is 15.9 Å². The smallest absolute Gasteiger partial charge is 0.129 e. The number of aromatic hydroxyl groups is 1. The molecule has 2 nitrogen and oxygen atoms in total. The van der Waals surface area contributed by atoms with E-state index in [0.717, 1.165) is 10.9 Å². The van der Waals surface area contributed by atoms with Crippen LogP contribution in [-0.2, 0) is 0 Å². The maximum absolute atomic E-state index is 9.23. The van der Waals surface area contributed by atoms with Gasteiger partial charge in [0, 0.05) is 12.0 Å². The molecule has 1 aromatic rings. The number of nitrogens with two attached hydrogens (primary N) is 1. The second kappa shape index (κ2) is 2.75. The maximum atomic E-state index is 9.23. The van der Waals surface area contributed by atoms with Crippen molar-refractivity contribution in [3.8, 4) is 5.75 Å². The summed E-state index contributed by atoms with van der Waals surface area (Å²) in [6.07, 6.45) is 1.07.